The number of nitrogens with one attached hydrogen (secondary N) is 1. The van der Waals surface area contributed by atoms with Crippen LogP contribution in [0.1, 0.15) is 41.1 Å². The maximum absolute atomic E-state index is 12.3. The minimum Gasteiger partial charge on any atom is -0.455 e. The molecule has 0 aliphatic carbocycles. The highest BCUT2D eigenvalue weighted by molar-refractivity contribution is 7.83. The fourth-order valence-corrected chi connectivity index (χ4v) is 4.63. The Bertz CT molecular complexity index is 787. The van der Waals surface area contributed by atoms with Gasteiger partial charge in [0, 0.05) is 22.4 Å². The SMILES string of the molecule is O=C(NCCCN1CCCC1)c1ccc(C[S@](=O)Cc2ccccc2Cl)o1. The molecule has 1 aromatic heterocycles. The predicted octanol–water partition coefficient (Wildman–Crippen LogP) is 3.60. The van der Waals surface area contributed by atoms with Gasteiger partial charge in [-0.2, -0.15) is 0 Å². The van der Waals surface area contributed by atoms with Crippen molar-refractivity contribution in [2.75, 3.05) is 26.2 Å². The third kappa shape index (κ3) is 6.19. The third-order valence-electron chi connectivity index (χ3n) is 4.60. The molecule has 7 heteroatoms. The molecule has 0 bridgehead atoms. The maximum Gasteiger partial charge on any atom is 0.286 e. The number of rotatable bonds is 9. The highest BCUT2D eigenvalue weighted by atomic mass is 35.5. The van der Waals surface area contributed by atoms with Gasteiger partial charge in [-0.05, 0) is 62.7 Å². The van der Waals surface area contributed by atoms with E-state index >= 15 is 0 Å². The van der Waals surface area contributed by atoms with E-state index in [4.69, 9.17) is 16.0 Å². The Balaban J connectivity index is 1.42. The Morgan fingerprint density at radius 2 is 1.93 bits per heavy atom. The normalized spacial score (nSPS) is 15.7. The van der Waals surface area contributed by atoms with Gasteiger partial charge in [0.1, 0.15) is 5.76 Å². The highest BCUT2D eigenvalue weighted by Crippen LogP contribution is 2.19. The summed E-state index contributed by atoms with van der Waals surface area (Å²) in [5, 5.41) is 3.49. The summed E-state index contributed by atoms with van der Waals surface area (Å²) >= 11 is 6.11. The lowest BCUT2D eigenvalue weighted by molar-refractivity contribution is 0.0923. The molecule has 0 spiro atoms. The van der Waals surface area contributed by atoms with Gasteiger partial charge < -0.3 is 14.6 Å². The van der Waals surface area contributed by atoms with E-state index < -0.39 is 10.8 Å². The van der Waals surface area contributed by atoms with Crippen molar-refractivity contribution in [1.82, 2.24) is 10.2 Å². The second-order valence-electron chi connectivity index (χ2n) is 6.74. The van der Waals surface area contributed by atoms with Crippen LogP contribution in [0.25, 0.3) is 0 Å². The van der Waals surface area contributed by atoms with Crippen molar-refractivity contribution in [3.05, 3.63) is 58.5 Å². The predicted molar refractivity (Wildman–Crippen MR) is 108 cm³/mol. The van der Waals surface area contributed by atoms with Crippen LogP contribution in [-0.4, -0.2) is 41.2 Å². The van der Waals surface area contributed by atoms with Gasteiger partial charge in [-0.3, -0.25) is 9.00 Å². The molecular weight excluding hydrogens is 384 g/mol. The van der Waals surface area contributed by atoms with Gasteiger partial charge in [0.05, 0.1) is 11.5 Å². The lowest BCUT2D eigenvalue weighted by Crippen LogP contribution is -2.28. The third-order valence-corrected chi connectivity index (χ3v) is 6.21. The molecule has 1 atom stereocenters. The molecule has 146 valence electrons. The molecular formula is C20H25ClN2O3S. The van der Waals surface area contributed by atoms with Crippen molar-refractivity contribution in [3.8, 4) is 0 Å². The first-order valence-electron chi connectivity index (χ1n) is 9.29. The number of hydrogen-bond donors (Lipinski definition) is 1. The summed E-state index contributed by atoms with van der Waals surface area (Å²) in [5.41, 5.74) is 0.847. The summed E-state index contributed by atoms with van der Waals surface area (Å²) in [6.07, 6.45) is 3.49. The molecule has 2 aromatic rings. The number of hydrogen-bond acceptors (Lipinski definition) is 4. The molecule has 0 saturated carbocycles. The molecule has 1 fully saturated rings. The lowest BCUT2D eigenvalue weighted by atomic mass is 10.2. The minimum atomic E-state index is -1.16. The van der Waals surface area contributed by atoms with Gasteiger partial charge in [-0.15, -0.1) is 0 Å². The smallest absolute Gasteiger partial charge is 0.286 e. The summed E-state index contributed by atoms with van der Waals surface area (Å²) < 4.78 is 17.9. The zero-order valence-corrected chi connectivity index (χ0v) is 16.9. The van der Waals surface area contributed by atoms with Crippen molar-refractivity contribution >= 4 is 28.3 Å². The van der Waals surface area contributed by atoms with Crippen molar-refractivity contribution in [2.45, 2.75) is 30.8 Å². The summed E-state index contributed by atoms with van der Waals surface area (Å²) in [6, 6.07) is 10.7. The Morgan fingerprint density at radius 1 is 1.15 bits per heavy atom. The number of benzene rings is 1. The zero-order valence-electron chi connectivity index (χ0n) is 15.3. The molecule has 1 aromatic carbocycles. The fourth-order valence-electron chi connectivity index (χ4n) is 3.17. The summed E-state index contributed by atoms with van der Waals surface area (Å²) in [4.78, 5) is 14.6. The van der Waals surface area contributed by atoms with E-state index in [1.165, 1.54) is 25.9 Å². The molecule has 5 nitrogen and oxygen atoms in total. The van der Waals surface area contributed by atoms with Crippen LogP contribution in [0.15, 0.2) is 40.8 Å². The lowest BCUT2D eigenvalue weighted by Gasteiger charge is -2.13. The van der Waals surface area contributed by atoms with Gasteiger partial charge in [0.2, 0.25) is 0 Å². The van der Waals surface area contributed by atoms with Gasteiger partial charge >= 0.3 is 0 Å². The van der Waals surface area contributed by atoms with E-state index in [1.54, 1.807) is 18.2 Å². The number of carbonyl (C=O) groups excluding carboxylic acids is 1. The Kier molecular flexibility index (Phi) is 7.50. The van der Waals surface area contributed by atoms with E-state index in [-0.39, 0.29) is 17.4 Å². The molecule has 1 saturated heterocycles. The Hall–Kier alpha value is -1.63. The zero-order chi connectivity index (χ0) is 19.1. The van der Waals surface area contributed by atoms with Crippen molar-refractivity contribution < 1.29 is 13.4 Å². The van der Waals surface area contributed by atoms with Crippen LogP contribution in [0.3, 0.4) is 0 Å². The standard InChI is InChI=1S/C20H25ClN2O3S/c21-18-7-2-1-6-16(18)14-27(25)15-17-8-9-19(26-17)20(24)22-10-5-13-23-11-3-4-12-23/h1-2,6-9H,3-5,10-15H2,(H,22,24)/t27-/m1/s1. The van der Waals surface area contributed by atoms with E-state index in [0.717, 1.165) is 18.5 Å². The van der Waals surface area contributed by atoms with Gasteiger partial charge in [0.25, 0.3) is 5.91 Å². The first-order chi connectivity index (χ1) is 13.1. The first-order valence-corrected chi connectivity index (χ1v) is 11.2. The van der Waals surface area contributed by atoms with Crippen LogP contribution in [0.5, 0.6) is 0 Å². The van der Waals surface area contributed by atoms with E-state index in [1.807, 2.05) is 18.2 Å². The van der Waals surface area contributed by atoms with Gasteiger partial charge in [-0.1, -0.05) is 29.8 Å². The first kappa shape index (κ1) is 20.1. The monoisotopic (exact) mass is 408 g/mol. The van der Waals surface area contributed by atoms with Crippen LogP contribution < -0.4 is 5.32 Å². The van der Waals surface area contributed by atoms with Crippen LogP contribution >= 0.6 is 11.6 Å². The van der Waals surface area contributed by atoms with Crippen LogP contribution in [-0.2, 0) is 22.3 Å². The van der Waals surface area contributed by atoms with Crippen molar-refractivity contribution in [3.63, 3.8) is 0 Å². The minimum absolute atomic E-state index is 0.223. The van der Waals surface area contributed by atoms with Crippen LogP contribution in [0, 0.1) is 0 Å². The van der Waals surface area contributed by atoms with Gasteiger partial charge in [0.15, 0.2) is 5.76 Å². The molecule has 1 aliphatic heterocycles. The number of nitrogens with zero attached hydrogens (tertiary/aromatic N) is 1. The van der Waals surface area contributed by atoms with Crippen LogP contribution in [0.2, 0.25) is 5.02 Å². The largest absolute Gasteiger partial charge is 0.455 e. The molecule has 3 rings (SSSR count). The van der Waals surface area contributed by atoms with Crippen LogP contribution in [0.4, 0.5) is 0 Å². The molecule has 1 N–H and O–H groups in total. The topological polar surface area (TPSA) is 62.6 Å². The molecule has 1 aliphatic rings. The number of carbonyl (C=O) groups is 1. The maximum atomic E-state index is 12.3. The van der Waals surface area contributed by atoms with E-state index in [9.17, 15) is 9.00 Å². The molecule has 0 radical (unpaired) electrons. The molecule has 1 amide bonds. The average molecular weight is 409 g/mol. The van der Waals surface area contributed by atoms with E-state index in [0.29, 0.717) is 23.1 Å². The number of likely N-dealkylation sites (tertiary alicyclic amines) is 1. The van der Waals surface area contributed by atoms with E-state index in [2.05, 4.69) is 10.2 Å². The van der Waals surface area contributed by atoms with Crippen molar-refractivity contribution in [2.24, 2.45) is 0 Å². The van der Waals surface area contributed by atoms with Crippen molar-refractivity contribution in [1.29, 1.82) is 0 Å². The highest BCUT2D eigenvalue weighted by Gasteiger charge is 2.14. The fraction of sp³-hybridized carbons (Fsp3) is 0.450. The quantitative estimate of drug-likeness (QED) is 0.644. The summed E-state index contributed by atoms with van der Waals surface area (Å²) in [6.45, 7) is 3.98. The second-order valence-corrected chi connectivity index (χ2v) is 8.61. The summed E-state index contributed by atoms with van der Waals surface area (Å²) in [5.74, 6) is 1.20. The number of amides is 1. The molecule has 0 unspecified atom stereocenters. The summed E-state index contributed by atoms with van der Waals surface area (Å²) in [7, 11) is -1.16. The molecule has 2 heterocycles. The second kappa shape index (κ2) is 10.1. The number of furan rings is 1. The Morgan fingerprint density at radius 3 is 2.70 bits per heavy atom. The number of halogens is 1. The molecule has 27 heavy (non-hydrogen) atoms. The van der Waals surface area contributed by atoms with Gasteiger partial charge in [-0.25, -0.2) is 0 Å². The average Bonchev–Trinajstić information content (AvgIpc) is 3.32. The Labute approximate surface area is 167 Å².